The van der Waals surface area contributed by atoms with Gasteiger partial charge in [-0.15, -0.1) is 0 Å². The minimum Gasteiger partial charge on any atom is -0.244 e. The highest BCUT2D eigenvalue weighted by atomic mass is 14.8. The first kappa shape index (κ1) is 11.8. The zero-order valence-corrected chi connectivity index (χ0v) is 10.6. The molecule has 0 unspecified atom stereocenters. The lowest BCUT2D eigenvalue weighted by molar-refractivity contribution is 0.506. The molecule has 1 aromatic carbocycles. The van der Waals surface area contributed by atoms with E-state index in [0.29, 0.717) is 0 Å². The first-order valence-corrected chi connectivity index (χ1v) is 5.99. The number of benzene rings is 1. The number of rotatable bonds is 3. The molecule has 0 N–H and O–H groups in total. The maximum absolute atomic E-state index is 4.04. The van der Waals surface area contributed by atoms with Crippen molar-refractivity contribution >= 4 is 0 Å². The second-order valence-corrected chi connectivity index (χ2v) is 4.94. The third-order valence-corrected chi connectivity index (χ3v) is 3.44. The average Bonchev–Trinajstić information content (AvgIpc) is 2.40. The van der Waals surface area contributed by atoms with Crippen molar-refractivity contribution in [3.8, 4) is 11.1 Å². The van der Waals surface area contributed by atoms with Gasteiger partial charge in [0.25, 0.3) is 0 Å². The van der Waals surface area contributed by atoms with Gasteiger partial charge in [-0.2, -0.15) is 0 Å². The Morgan fingerprint density at radius 2 is 1.53 bits per heavy atom. The molecule has 0 spiro atoms. The molecule has 2 rings (SSSR count). The van der Waals surface area contributed by atoms with Crippen molar-refractivity contribution in [2.24, 2.45) is 0 Å². The highest BCUT2D eigenvalue weighted by Gasteiger charge is 2.17. The molecule has 1 heterocycles. The fraction of sp³-hybridized carbons (Fsp3) is 0.333. The van der Waals surface area contributed by atoms with E-state index < -0.39 is 0 Å². The van der Waals surface area contributed by atoms with E-state index in [1.807, 2.05) is 12.4 Å². The van der Waals surface area contributed by atoms with E-state index in [4.69, 9.17) is 0 Å². The van der Waals surface area contributed by atoms with Gasteiger partial charge in [0.05, 0.1) is 0 Å². The second kappa shape index (κ2) is 4.66. The summed E-state index contributed by atoms with van der Waals surface area (Å²) in [5.74, 6) is 0. The van der Waals surface area contributed by atoms with Gasteiger partial charge in [-0.3, -0.25) is 0 Å². The molecule has 0 fully saturated rings. The standard InChI is InChI=1S/C15H18N2/c1-4-15(2,3)14-7-5-12(6-8-14)13-9-16-11-17-10-13/h5-11H,4H2,1-3H3. The molecule has 0 bridgehead atoms. The van der Waals surface area contributed by atoms with Crippen LogP contribution in [-0.2, 0) is 5.41 Å². The Balaban J connectivity index is 2.31. The van der Waals surface area contributed by atoms with E-state index in [2.05, 4.69) is 55.0 Å². The van der Waals surface area contributed by atoms with Crippen LogP contribution in [0, 0.1) is 0 Å². The molecule has 0 radical (unpaired) electrons. The zero-order chi connectivity index (χ0) is 12.3. The highest BCUT2D eigenvalue weighted by molar-refractivity contribution is 5.61. The SMILES string of the molecule is CCC(C)(C)c1ccc(-c2cncnc2)cc1. The molecule has 0 atom stereocenters. The van der Waals surface area contributed by atoms with Gasteiger partial charge in [-0.05, 0) is 23.0 Å². The molecular weight excluding hydrogens is 208 g/mol. The van der Waals surface area contributed by atoms with Crippen molar-refractivity contribution in [3.63, 3.8) is 0 Å². The Hall–Kier alpha value is -1.70. The molecule has 0 amide bonds. The van der Waals surface area contributed by atoms with Crippen molar-refractivity contribution in [1.29, 1.82) is 0 Å². The van der Waals surface area contributed by atoms with Crippen LogP contribution in [0.25, 0.3) is 11.1 Å². The lowest BCUT2D eigenvalue weighted by atomic mass is 9.82. The Morgan fingerprint density at radius 3 is 2.06 bits per heavy atom. The first-order chi connectivity index (χ1) is 8.13. The molecule has 0 saturated carbocycles. The molecule has 88 valence electrons. The van der Waals surface area contributed by atoms with Gasteiger partial charge < -0.3 is 0 Å². The molecule has 0 aliphatic heterocycles. The number of aromatic nitrogens is 2. The quantitative estimate of drug-likeness (QED) is 0.794. The highest BCUT2D eigenvalue weighted by Crippen LogP contribution is 2.28. The summed E-state index contributed by atoms with van der Waals surface area (Å²) in [5, 5.41) is 0. The number of hydrogen-bond acceptors (Lipinski definition) is 2. The Labute approximate surface area is 103 Å². The minimum atomic E-state index is 0.242. The molecule has 1 aromatic heterocycles. The van der Waals surface area contributed by atoms with E-state index >= 15 is 0 Å². The summed E-state index contributed by atoms with van der Waals surface area (Å²) in [5.41, 5.74) is 3.85. The van der Waals surface area contributed by atoms with Gasteiger partial charge in [0, 0.05) is 18.0 Å². The van der Waals surface area contributed by atoms with Crippen LogP contribution >= 0.6 is 0 Å². The smallest absolute Gasteiger partial charge is 0.115 e. The fourth-order valence-electron chi connectivity index (χ4n) is 1.77. The Kier molecular flexibility index (Phi) is 3.23. The summed E-state index contributed by atoms with van der Waals surface area (Å²) in [6, 6.07) is 8.69. The van der Waals surface area contributed by atoms with Crippen molar-refractivity contribution in [2.45, 2.75) is 32.6 Å². The summed E-state index contributed by atoms with van der Waals surface area (Å²) in [4.78, 5) is 8.07. The zero-order valence-electron chi connectivity index (χ0n) is 10.6. The third kappa shape index (κ3) is 2.52. The molecule has 0 saturated heterocycles. The number of hydrogen-bond donors (Lipinski definition) is 0. The summed E-state index contributed by atoms with van der Waals surface area (Å²) < 4.78 is 0. The van der Waals surface area contributed by atoms with E-state index in [1.54, 1.807) is 6.33 Å². The topological polar surface area (TPSA) is 25.8 Å². The van der Waals surface area contributed by atoms with Crippen LogP contribution in [-0.4, -0.2) is 9.97 Å². The Morgan fingerprint density at radius 1 is 0.941 bits per heavy atom. The maximum atomic E-state index is 4.04. The molecule has 0 aliphatic rings. The van der Waals surface area contributed by atoms with Crippen molar-refractivity contribution in [3.05, 3.63) is 48.5 Å². The average molecular weight is 226 g/mol. The van der Waals surface area contributed by atoms with E-state index in [9.17, 15) is 0 Å². The lowest BCUT2D eigenvalue weighted by Gasteiger charge is -2.23. The van der Waals surface area contributed by atoms with E-state index in [1.165, 1.54) is 11.1 Å². The third-order valence-electron chi connectivity index (χ3n) is 3.44. The molecule has 0 aliphatic carbocycles. The first-order valence-electron chi connectivity index (χ1n) is 5.99. The normalized spacial score (nSPS) is 11.5. The minimum absolute atomic E-state index is 0.242. The predicted molar refractivity (Wildman–Crippen MR) is 70.8 cm³/mol. The van der Waals surface area contributed by atoms with Crippen LogP contribution in [0.15, 0.2) is 43.0 Å². The van der Waals surface area contributed by atoms with Crippen molar-refractivity contribution in [1.82, 2.24) is 9.97 Å². The van der Waals surface area contributed by atoms with Crippen molar-refractivity contribution in [2.75, 3.05) is 0 Å². The molecule has 17 heavy (non-hydrogen) atoms. The van der Waals surface area contributed by atoms with E-state index in [-0.39, 0.29) is 5.41 Å². The van der Waals surface area contributed by atoms with Crippen LogP contribution in [0.4, 0.5) is 0 Å². The molecule has 2 aromatic rings. The van der Waals surface area contributed by atoms with Gasteiger partial charge in [-0.25, -0.2) is 9.97 Å². The van der Waals surface area contributed by atoms with Crippen LogP contribution in [0.2, 0.25) is 0 Å². The fourth-order valence-corrected chi connectivity index (χ4v) is 1.77. The predicted octanol–water partition coefficient (Wildman–Crippen LogP) is 3.83. The van der Waals surface area contributed by atoms with Gasteiger partial charge in [0.1, 0.15) is 6.33 Å². The van der Waals surface area contributed by atoms with Crippen molar-refractivity contribution < 1.29 is 0 Å². The summed E-state index contributed by atoms with van der Waals surface area (Å²) in [7, 11) is 0. The second-order valence-electron chi connectivity index (χ2n) is 4.94. The van der Waals surface area contributed by atoms with Gasteiger partial charge in [-0.1, -0.05) is 45.0 Å². The number of nitrogens with zero attached hydrogens (tertiary/aromatic N) is 2. The largest absolute Gasteiger partial charge is 0.244 e. The molecule has 2 nitrogen and oxygen atoms in total. The van der Waals surface area contributed by atoms with Gasteiger partial charge in [0.2, 0.25) is 0 Å². The van der Waals surface area contributed by atoms with Crippen LogP contribution in [0.5, 0.6) is 0 Å². The maximum Gasteiger partial charge on any atom is 0.115 e. The molecular formula is C15H18N2. The molecule has 2 heteroatoms. The van der Waals surface area contributed by atoms with Crippen LogP contribution in [0.3, 0.4) is 0 Å². The summed E-state index contributed by atoms with van der Waals surface area (Å²) in [6.07, 6.45) is 6.37. The van der Waals surface area contributed by atoms with E-state index in [0.717, 1.165) is 12.0 Å². The van der Waals surface area contributed by atoms with Gasteiger partial charge in [0.15, 0.2) is 0 Å². The van der Waals surface area contributed by atoms with Crippen LogP contribution < -0.4 is 0 Å². The van der Waals surface area contributed by atoms with Crippen LogP contribution in [0.1, 0.15) is 32.8 Å². The lowest BCUT2D eigenvalue weighted by Crippen LogP contribution is -2.14. The van der Waals surface area contributed by atoms with Gasteiger partial charge >= 0.3 is 0 Å². The monoisotopic (exact) mass is 226 g/mol. The summed E-state index contributed by atoms with van der Waals surface area (Å²) in [6.45, 7) is 6.76. The summed E-state index contributed by atoms with van der Waals surface area (Å²) >= 11 is 0. The Bertz CT molecular complexity index is 472.